The molecule has 0 fully saturated rings. The van der Waals surface area contributed by atoms with Crippen LogP contribution in [0.15, 0.2) is 6.07 Å². The number of carboxylic acid groups (broad SMARTS) is 1. The zero-order valence-corrected chi connectivity index (χ0v) is 11.5. The molecule has 1 amide bonds. The SMILES string of the molecule is CC(C)(C)[C@@H](NC(=O)c1cc(F)c(F)c(O)c1F)C(=O)O. The van der Waals surface area contributed by atoms with E-state index in [0.717, 1.165) is 0 Å². The zero-order valence-electron chi connectivity index (χ0n) is 11.5. The van der Waals surface area contributed by atoms with E-state index >= 15 is 0 Å². The number of hydrogen-bond donors (Lipinski definition) is 3. The second-order valence-corrected chi connectivity index (χ2v) is 5.49. The normalized spacial score (nSPS) is 12.9. The van der Waals surface area contributed by atoms with Gasteiger partial charge in [-0.2, -0.15) is 4.39 Å². The summed E-state index contributed by atoms with van der Waals surface area (Å²) in [6.45, 7) is 4.56. The van der Waals surface area contributed by atoms with Gasteiger partial charge in [0.25, 0.3) is 5.91 Å². The predicted octanol–water partition coefficient (Wildman–Crippen LogP) is 2.04. The van der Waals surface area contributed by atoms with Crippen LogP contribution in [0.4, 0.5) is 13.2 Å². The van der Waals surface area contributed by atoms with Gasteiger partial charge in [-0.15, -0.1) is 0 Å². The van der Waals surface area contributed by atoms with E-state index in [0.29, 0.717) is 0 Å². The Morgan fingerprint density at radius 2 is 1.71 bits per heavy atom. The van der Waals surface area contributed by atoms with Crippen LogP contribution in [0.5, 0.6) is 5.75 Å². The highest BCUT2D eigenvalue weighted by Gasteiger charge is 2.34. The molecule has 0 saturated heterocycles. The first kappa shape index (κ1) is 16.8. The molecule has 8 heteroatoms. The number of phenols is 1. The van der Waals surface area contributed by atoms with E-state index < -0.39 is 52.1 Å². The van der Waals surface area contributed by atoms with Crippen LogP contribution in [0.25, 0.3) is 0 Å². The lowest BCUT2D eigenvalue weighted by molar-refractivity contribution is -0.142. The molecule has 1 aromatic rings. The van der Waals surface area contributed by atoms with Gasteiger partial charge in [0.05, 0.1) is 5.56 Å². The molecule has 5 nitrogen and oxygen atoms in total. The number of benzene rings is 1. The van der Waals surface area contributed by atoms with Crippen LogP contribution in [0.1, 0.15) is 31.1 Å². The van der Waals surface area contributed by atoms with Crippen molar-refractivity contribution in [1.29, 1.82) is 0 Å². The summed E-state index contributed by atoms with van der Waals surface area (Å²) < 4.78 is 39.6. The van der Waals surface area contributed by atoms with Gasteiger partial charge in [-0.25, -0.2) is 13.6 Å². The molecular weight excluding hydrogens is 291 g/mol. The highest BCUT2D eigenvalue weighted by atomic mass is 19.2. The quantitative estimate of drug-likeness (QED) is 0.746. The molecule has 1 atom stereocenters. The molecule has 0 unspecified atom stereocenters. The summed E-state index contributed by atoms with van der Waals surface area (Å²) >= 11 is 0. The number of rotatable bonds is 3. The smallest absolute Gasteiger partial charge is 0.326 e. The molecule has 1 aromatic carbocycles. The molecule has 1 rings (SSSR count). The molecule has 0 radical (unpaired) electrons. The van der Waals surface area contributed by atoms with Crippen molar-refractivity contribution in [1.82, 2.24) is 5.32 Å². The number of amides is 1. The van der Waals surface area contributed by atoms with Crippen molar-refractivity contribution in [2.45, 2.75) is 26.8 Å². The summed E-state index contributed by atoms with van der Waals surface area (Å²) in [7, 11) is 0. The molecule has 0 spiro atoms. The van der Waals surface area contributed by atoms with Crippen molar-refractivity contribution in [3.05, 3.63) is 29.1 Å². The number of carbonyl (C=O) groups is 2. The predicted molar refractivity (Wildman–Crippen MR) is 66.3 cm³/mol. The Morgan fingerprint density at radius 1 is 1.19 bits per heavy atom. The summed E-state index contributed by atoms with van der Waals surface area (Å²) in [5, 5.41) is 20.1. The van der Waals surface area contributed by atoms with Crippen LogP contribution in [0.3, 0.4) is 0 Å². The minimum atomic E-state index is -1.82. The Balaban J connectivity index is 3.19. The van der Waals surface area contributed by atoms with Gasteiger partial charge in [-0.1, -0.05) is 20.8 Å². The number of aliphatic carboxylic acids is 1. The van der Waals surface area contributed by atoms with E-state index in [9.17, 15) is 22.8 Å². The van der Waals surface area contributed by atoms with Gasteiger partial charge in [0, 0.05) is 0 Å². The fourth-order valence-corrected chi connectivity index (χ4v) is 1.61. The summed E-state index contributed by atoms with van der Waals surface area (Å²) in [6, 6.07) is -1.14. The molecule has 0 saturated carbocycles. The van der Waals surface area contributed by atoms with E-state index in [1.165, 1.54) is 20.8 Å². The fourth-order valence-electron chi connectivity index (χ4n) is 1.61. The van der Waals surface area contributed by atoms with Crippen molar-refractivity contribution >= 4 is 11.9 Å². The van der Waals surface area contributed by atoms with Gasteiger partial charge in [-0.3, -0.25) is 4.79 Å². The first-order valence-corrected chi connectivity index (χ1v) is 5.87. The van der Waals surface area contributed by atoms with Gasteiger partial charge < -0.3 is 15.5 Å². The van der Waals surface area contributed by atoms with Gasteiger partial charge in [0.2, 0.25) is 5.82 Å². The lowest BCUT2D eigenvalue weighted by atomic mass is 9.86. The minimum Gasteiger partial charge on any atom is -0.503 e. The molecule has 0 aliphatic carbocycles. The number of nitrogens with one attached hydrogen (secondary N) is 1. The summed E-state index contributed by atoms with van der Waals surface area (Å²) in [5.41, 5.74) is -1.89. The lowest BCUT2D eigenvalue weighted by Crippen LogP contribution is -2.49. The lowest BCUT2D eigenvalue weighted by Gasteiger charge is -2.27. The molecular formula is C13H14F3NO4. The summed E-state index contributed by atoms with van der Waals surface area (Å²) in [6.07, 6.45) is 0. The van der Waals surface area contributed by atoms with E-state index in [2.05, 4.69) is 0 Å². The first-order chi connectivity index (χ1) is 9.46. The average molecular weight is 305 g/mol. The maximum Gasteiger partial charge on any atom is 0.326 e. The van der Waals surface area contributed by atoms with Crippen LogP contribution in [0, 0.1) is 22.9 Å². The van der Waals surface area contributed by atoms with Crippen LogP contribution >= 0.6 is 0 Å². The highest BCUT2D eigenvalue weighted by molar-refractivity contribution is 5.97. The molecule has 0 aliphatic heterocycles. The van der Waals surface area contributed by atoms with Crippen LogP contribution in [-0.4, -0.2) is 28.1 Å². The number of hydrogen-bond acceptors (Lipinski definition) is 3. The molecule has 0 bridgehead atoms. The molecule has 116 valence electrons. The van der Waals surface area contributed by atoms with Crippen molar-refractivity contribution in [2.24, 2.45) is 5.41 Å². The van der Waals surface area contributed by atoms with Crippen LogP contribution in [-0.2, 0) is 4.79 Å². The average Bonchev–Trinajstić information content (AvgIpc) is 2.35. The Morgan fingerprint density at radius 3 is 2.14 bits per heavy atom. The van der Waals surface area contributed by atoms with E-state index in [-0.39, 0.29) is 6.07 Å². The topological polar surface area (TPSA) is 86.6 Å². The third-order valence-electron chi connectivity index (χ3n) is 2.77. The van der Waals surface area contributed by atoms with Crippen molar-refractivity contribution in [2.75, 3.05) is 0 Å². The maximum absolute atomic E-state index is 13.6. The Bertz CT molecular complexity index is 596. The Kier molecular flexibility index (Phi) is 4.50. The number of phenolic OH excluding ortho intramolecular Hbond substituents is 1. The second kappa shape index (κ2) is 5.63. The Hall–Kier alpha value is -2.25. The van der Waals surface area contributed by atoms with Gasteiger partial charge in [-0.05, 0) is 11.5 Å². The molecule has 3 N–H and O–H groups in total. The van der Waals surface area contributed by atoms with Crippen molar-refractivity contribution < 1.29 is 33.0 Å². The van der Waals surface area contributed by atoms with Crippen molar-refractivity contribution in [3.63, 3.8) is 0 Å². The number of halogens is 3. The van der Waals surface area contributed by atoms with Crippen LogP contribution in [0.2, 0.25) is 0 Å². The molecule has 0 heterocycles. The third kappa shape index (κ3) is 3.45. The standard InChI is InChI=1S/C13H14F3NO4/c1-13(2,3)10(12(20)21)17-11(19)5-4-6(14)8(16)9(18)7(5)15/h4,10,18H,1-3H3,(H,17,19)(H,20,21)/t10-/m0/s1. The summed E-state index contributed by atoms with van der Waals surface area (Å²) in [5.74, 6) is -9.39. The van der Waals surface area contributed by atoms with Gasteiger partial charge >= 0.3 is 5.97 Å². The Labute approximate surface area is 118 Å². The summed E-state index contributed by atoms with van der Waals surface area (Å²) in [4.78, 5) is 22.9. The third-order valence-corrected chi connectivity index (χ3v) is 2.77. The second-order valence-electron chi connectivity index (χ2n) is 5.49. The van der Waals surface area contributed by atoms with Crippen molar-refractivity contribution in [3.8, 4) is 5.75 Å². The molecule has 0 aliphatic rings. The maximum atomic E-state index is 13.6. The fraction of sp³-hybridized carbons (Fsp3) is 0.385. The number of carboxylic acids is 1. The van der Waals surface area contributed by atoms with E-state index in [1.807, 2.05) is 5.32 Å². The largest absolute Gasteiger partial charge is 0.503 e. The van der Waals surface area contributed by atoms with E-state index in [1.54, 1.807) is 0 Å². The van der Waals surface area contributed by atoms with E-state index in [4.69, 9.17) is 10.2 Å². The monoisotopic (exact) mass is 305 g/mol. The van der Waals surface area contributed by atoms with Crippen LogP contribution < -0.4 is 5.32 Å². The highest BCUT2D eigenvalue weighted by Crippen LogP contribution is 2.26. The van der Waals surface area contributed by atoms with Gasteiger partial charge in [0.15, 0.2) is 17.4 Å². The minimum absolute atomic E-state index is 0.251. The molecule has 21 heavy (non-hydrogen) atoms. The van der Waals surface area contributed by atoms with Gasteiger partial charge in [0.1, 0.15) is 6.04 Å². The number of carbonyl (C=O) groups excluding carboxylic acids is 1. The molecule has 0 aromatic heterocycles. The number of aromatic hydroxyl groups is 1. The zero-order chi connectivity index (χ0) is 16.5. The first-order valence-electron chi connectivity index (χ1n) is 5.87.